The number of ether oxygens (including phenoxy) is 4. The molecule has 41 heavy (non-hydrogen) atoms. The fourth-order valence-electron chi connectivity index (χ4n) is 5.52. The van der Waals surface area contributed by atoms with Crippen LogP contribution in [0, 0.1) is 6.92 Å². The maximum atomic E-state index is 16.9. The van der Waals surface area contributed by atoms with Gasteiger partial charge in [-0.25, -0.2) is 14.5 Å². The molecule has 0 saturated carbocycles. The number of halogens is 2. The molecule has 3 aromatic rings. The van der Waals surface area contributed by atoms with Crippen molar-refractivity contribution < 1.29 is 37.3 Å². The van der Waals surface area contributed by atoms with Crippen molar-refractivity contribution in [3.63, 3.8) is 0 Å². The lowest BCUT2D eigenvalue weighted by atomic mass is 9.90. The number of aromatic nitrogens is 1. The number of hydrogen-bond donors (Lipinski definition) is 0. The van der Waals surface area contributed by atoms with E-state index in [0.29, 0.717) is 41.7 Å². The monoisotopic (exact) mass is 572 g/mol. The van der Waals surface area contributed by atoms with Crippen LogP contribution < -0.4 is 4.74 Å². The highest BCUT2D eigenvalue weighted by Gasteiger charge is 2.49. The number of hydrogen-bond acceptors (Lipinski definition) is 7. The number of rotatable bonds is 7. The molecule has 8 nitrogen and oxygen atoms in total. The number of alkyl halides is 2. The second kappa shape index (κ2) is 11.8. The van der Waals surface area contributed by atoms with Crippen LogP contribution in [0.15, 0.2) is 42.6 Å². The number of esters is 1. The van der Waals surface area contributed by atoms with Gasteiger partial charge in [-0.2, -0.15) is 8.78 Å². The largest absolute Gasteiger partial charge is 0.496 e. The van der Waals surface area contributed by atoms with Gasteiger partial charge in [-0.1, -0.05) is 12.1 Å². The van der Waals surface area contributed by atoms with Crippen molar-refractivity contribution >= 4 is 23.0 Å². The number of carbonyl (C=O) groups is 2. The Labute approximate surface area is 239 Å². The van der Waals surface area contributed by atoms with Gasteiger partial charge in [0, 0.05) is 30.8 Å². The molecule has 1 saturated heterocycles. The van der Waals surface area contributed by atoms with Crippen LogP contribution in [0.2, 0.25) is 0 Å². The molecule has 1 fully saturated rings. The lowest BCUT2D eigenvalue weighted by molar-refractivity contribution is -0.195. The summed E-state index contributed by atoms with van der Waals surface area (Å²) in [6.07, 6.45) is 1.34. The molecule has 2 aromatic carbocycles. The average Bonchev–Trinajstić information content (AvgIpc) is 3.37. The van der Waals surface area contributed by atoms with E-state index in [4.69, 9.17) is 18.9 Å². The van der Waals surface area contributed by atoms with Crippen LogP contribution in [0.5, 0.6) is 5.75 Å². The number of methoxy groups -OCH3 is 2. The number of benzene rings is 2. The van der Waals surface area contributed by atoms with Crippen molar-refractivity contribution in [3.05, 3.63) is 64.8 Å². The first-order valence-electron chi connectivity index (χ1n) is 13.7. The minimum atomic E-state index is -3.50. The van der Waals surface area contributed by atoms with Crippen LogP contribution in [0.3, 0.4) is 0 Å². The predicted molar refractivity (Wildman–Crippen MR) is 151 cm³/mol. The van der Waals surface area contributed by atoms with E-state index in [1.54, 1.807) is 52.0 Å². The average molecular weight is 573 g/mol. The second-order valence-corrected chi connectivity index (χ2v) is 11.2. The normalized spacial score (nSPS) is 18.4. The molecule has 2 atom stereocenters. The SMILES string of the molecule is CCO[C@H]1CCN(C(F)(F)c2c(OC)cc(C)c3c2ccn3C(=O)OC(C)(C)C)[C@H](c2ccc(C(=O)OC)cc2)C1. The van der Waals surface area contributed by atoms with Crippen molar-refractivity contribution in [2.45, 2.75) is 71.3 Å². The van der Waals surface area contributed by atoms with Crippen LogP contribution in [-0.2, 0) is 20.3 Å². The third-order valence-corrected chi connectivity index (χ3v) is 7.27. The Hall–Kier alpha value is -3.50. The number of aryl methyl sites for hydroxylation is 1. The lowest BCUT2D eigenvalue weighted by Gasteiger charge is -2.44. The first kappa shape index (κ1) is 30.5. The predicted octanol–water partition coefficient (Wildman–Crippen LogP) is 6.82. The molecule has 222 valence electrons. The second-order valence-electron chi connectivity index (χ2n) is 11.2. The van der Waals surface area contributed by atoms with Crippen molar-refractivity contribution in [2.24, 2.45) is 0 Å². The molecule has 0 radical (unpaired) electrons. The van der Waals surface area contributed by atoms with Gasteiger partial charge in [-0.3, -0.25) is 4.57 Å². The molecule has 1 aromatic heterocycles. The van der Waals surface area contributed by atoms with Gasteiger partial charge in [0.2, 0.25) is 0 Å². The van der Waals surface area contributed by atoms with E-state index in [-0.39, 0.29) is 29.3 Å². The third-order valence-electron chi connectivity index (χ3n) is 7.27. The minimum absolute atomic E-state index is 0.0219. The molecule has 0 spiro atoms. The maximum Gasteiger partial charge on any atom is 0.419 e. The Bertz CT molecular complexity index is 1410. The van der Waals surface area contributed by atoms with Gasteiger partial charge in [-0.05, 0) is 82.9 Å². The summed E-state index contributed by atoms with van der Waals surface area (Å²) in [6.45, 7) is 9.38. The summed E-state index contributed by atoms with van der Waals surface area (Å²) in [7, 11) is 2.65. The number of fused-ring (bicyclic) bond motifs is 1. The first-order valence-corrected chi connectivity index (χ1v) is 13.7. The van der Waals surface area contributed by atoms with Gasteiger partial charge >= 0.3 is 18.1 Å². The van der Waals surface area contributed by atoms with Crippen LogP contribution in [-0.4, -0.2) is 60.6 Å². The van der Waals surface area contributed by atoms with Crippen molar-refractivity contribution in [2.75, 3.05) is 27.4 Å². The highest BCUT2D eigenvalue weighted by Crippen LogP contribution is 2.49. The lowest BCUT2D eigenvalue weighted by Crippen LogP contribution is -2.48. The highest BCUT2D eigenvalue weighted by atomic mass is 19.3. The zero-order valence-corrected chi connectivity index (χ0v) is 24.6. The number of nitrogens with zero attached hydrogens (tertiary/aromatic N) is 2. The van der Waals surface area contributed by atoms with E-state index in [1.165, 1.54) is 37.1 Å². The van der Waals surface area contributed by atoms with E-state index < -0.39 is 29.8 Å². The third kappa shape index (κ3) is 6.08. The topological polar surface area (TPSA) is 79.2 Å². The molecule has 0 bridgehead atoms. The van der Waals surface area contributed by atoms with Gasteiger partial charge in [0.05, 0.1) is 37.0 Å². The molecule has 10 heteroatoms. The zero-order valence-electron chi connectivity index (χ0n) is 24.6. The highest BCUT2D eigenvalue weighted by molar-refractivity contribution is 5.95. The van der Waals surface area contributed by atoms with Gasteiger partial charge in [0.25, 0.3) is 0 Å². The first-order chi connectivity index (χ1) is 19.3. The summed E-state index contributed by atoms with van der Waals surface area (Å²) in [5.74, 6) is -0.482. The summed E-state index contributed by atoms with van der Waals surface area (Å²) >= 11 is 0. The molecular weight excluding hydrogens is 534 g/mol. The van der Waals surface area contributed by atoms with Crippen LogP contribution in [0.1, 0.15) is 73.6 Å². The van der Waals surface area contributed by atoms with E-state index in [2.05, 4.69) is 0 Å². The molecule has 0 amide bonds. The van der Waals surface area contributed by atoms with Crippen LogP contribution >= 0.6 is 0 Å². The zero-order chi connectivity index (χ0) is 30.1. The Morgan fingerprint density at radius 2 is 1.76 bits per heavy atom. The molecule has 0 aliphatic carbocycles. The van der Waals surface area contributed by atoms with Crippen LogP contribution in [0.4, 0.5) is 13.6 Å². The maximum absolute atomic E-state index is 16.9. The summed E-state index contributed by atoms with van der Waals surface area (Å²) in [4.78, 5) is 26.1. The quantitative estimate of drug-likeness (QED) is 0.227. The van der Waals surface area contributed by atoms with Gasteiger partial charge in [-0.15, -0.1) is 0 Å². The Morgan fingerprint density at radius 1 is 1.07 bits per heavy atom. The van der Waals surface area contributed by atoms with Crippen molar-refractivity contribution in [1.29, 1.82) is 0 Å². The molecule has 1 aliphatic rings. The summed E-state index contributed by atoms with van der Waals surface area (Å²) in [5, 5.41) is 0.199. The summed E-state index contributed by atoms with van der Waals surface area (Å²) < 4.78 is 56.8. The number of piperidine rings is 1. The molecular formula is C31H38F2N2O6. The Balaban J connectivity index is 1.83. The smallest absolute Gasteiger partial charge is 0.419 e. The molecule has 2 heterocycles. The van der Waals surface area contributed by atoms with Gasteiger partial charge < -0.3 is 18.9 Å². The van der Waals surface area contributed by atoms with E-state index in [0.717, 1.165) is 4.90 Å². The Morgan fingerprint density at radius 3 is 2.34 bits per heavy atom. The van der Waals surface area contributed by atoms with Crippen molar-refractivity contribution in [3.8, 4) is 5.75 Å². The standard InChI is InChI=1S/C31H38F2N2O6/c1-8-40-22-13-16-35(24(18-22)20-9-11-21(12-10-20)28(36)39-7)31(32,33)26-23-14-15-34(29(37)41-30(3,4)5)27(23)19(2)17-25(26)38-6/h9-12,14-15,17,22,24H,8,13,16,18H2,1-7H3/t22-,24-/m0/s1. The Kier molecular flexibility index (Phi) is 8.75. The molecule has 1 aliphatic heterocycles. The number of carbonyl (C=O) groups excluding carboxylic acids is 2. The van der Waals surface area contributed by atoms with Crippen LogP contribution in [0.25, 0.3) is 10.9 Å². The van der Waals surface area contributed by atoms with E-state index >= 15 is 8.78 Å². The van der Waals surface area contributed by atoms with Gasteiger partial charge in [0.1, 0.15) is 11.4 Å². The van der Waals surface area contributed by atoms with E-state index in [9.17, 15) is 9.59 Å². The summed E-state index contributed by atoms with van der Waals surface area (Å²) in [5.41, 5.74) is 0.791. The minimum Gasteiger partial charge on any atom is -0.496 e. The van der Waals surface area contributed by atoms with Gasteiger partial charge in [0.15, 0.2) is 0 Å². The fraction of sp³-hybridized carbons (Fsp3) is 0.484. The van der Waals surface area contributed by atoms with Crippen molar-refractivity contribution in [1.82, 2.24) is 9.47 Å². The van der Waals surface area contributed by atoms with E-state index in [1.807, 2.05) is 6.92 Å². The number of likely N-dealkylation sites (tertiary alicyclic amines) is 1. The molecule has 0 unspecified atom stereocenters. The summed E-state index contributed by atoms with van der Waals surface area (Å²) in [6, 6.07) is 5.31. The molecule has 0 N–H and O–H groups in total. The molecule has 4 rings (SSSR count). The fourth-order valence-corrected chi connectivity index (χ4v) is 5.52.